The Morgan fingerprint density at radius 3 is 2.44 bits per heavy atom. The summed E-state index contributed by atoms with van der Waals surface area (Å²) in [5, 5.41) is 11.1. The molecular formula is C13H15F3N2. The molecule has 0 aromatic heterocycles. The van der Waals surface area contributed by atoms with Gasteiger partial charge in [0.05, 0.1) is 6.07 Å². The van der Waals surface area contributed by atoms with Gasteiger partial charge >= 0.3 is 6.18 Å². The van der Waals surface area contributed by atoms with E-state index in [0.717, 1.165) is 18.4 Å². The maximum absolute atomic E-state index is 12.2. The van der Waals surface area contributed by atoms with E-state index in [-0.39, 0.29) is 6.54 Å². The van der Waals surface area contributed by atoms with Gasteiger partial charge in [-0.25, -0.2) is 0 Å². The van der Waals surface area contributed by atoms with E-state index in [1.807, 2.05) is 30.3 Å². The van der Waals surface area contributed by atoms with Crippen molar-refractivity contribution in [2.45, 2.75) is 19.0 Å². The third-order valence-corrected chi connectivity index (χ3v) is 2.56. The van der Waals surface area contributed by atoms with Crippen LogP contribution in [0, 0.1) is 17.2 Å². The predicted molar refractivity (Wildman–Crippen MR) is 62.8 cm³/mol. The highest BCUT2D eigenvalue weighted by molar-refractivity contribution is 5.14. The quantitative estimate of drug-likeness (QED) is 0.794. The molecule has 0 bridgehead atoms. The Morgan fingerprint density at radius 1 is 1.22 bits per heavy atom. The largest absolute Gasteiger partial charge is 0.405 e. The molecule has 0 fully saturated rings. The molecule has 0 saturated heterocycles. The summed E-state index contributed by atoms with van der Waals surface area (Å²) in [6.45, 7) is 0.137. The van der Waals surface area contributed by atoms with Crippen LogP contribution in [0.15, 0.2) is 30.3 Å². The van der Waals surface area contributed by atoms with E-state index in [1.54, 1.807) is 0 Å². The van der Waals surface area contributed by atoms with Gasteiger partial charge in [0.2, 0.25) is 0 Å². The third-order valence-electron chi connectivity index (χ3n) is 2.56. The third kappa shape index (κ3) is 5.19. The van der Waals surface area contributed by atoms with Crippen molar-refractivity contribution in [2.24, 2.45) is 5.92 Å². The van der Waals surface area contributed by atoms with Gasteiger partial charge in [-0.3, -0.25) is 0 Å². The fourth-order valence-corrected chi connectivity index (χ4v) is 1.54. The standard InChI is InChI=1S/C13H15F3N2/c14-13(15,16)12(9-17)10-18-8-4-7-11-5-2-1-3-6-11/h1-3,5-6,12,18H,4,7-8,10H2. The number of hydrogen-bond donors (Lipinski definition) is 1. The highest BCUT2D eigenvalue weighted by atomic mass is 19.4. The number of halogens is 3. The van der Waals surface area contributed by atoms with Crippen molar-refractivity contribution >= 4 is 0 Å². The van der Waals surface area contributed by atoms with Crippen LogP contribution >= 0.6 is 0 Å². The summed E-state index contributed by atoms with van der Waals surface area (Å²) in [5.74, 6) is -1.92. The van der Waals surface area contributed by atoms with Crippen LogP contribution in [-0.2, 0) is 6.42 Å². The molecule has 1 aromatic rings. The van der Waals surface area contributed by atoms with Crippen molar-refractivity contribution in [1.82, 2.24) is 5.32 Å². The van der Waals surface area contributed by atoms with Crippen LogP contribution < -0.4 is 5.32 Å². The Labute approximate surface area is 104 Å². The average Bonchev–Trinajstić information content (AvgIpc) is 2.33. The molecule has 5 heteroatoms. The van der Waals surface area contributed by atoms with E-state index >= 15 is 0 Å². The Bertz CT molecular complexity index is 381. The smallest absolute Gasteiger partial charge is 0.315 e. The van der Waals surface area contributed by atoms with Crippen LogP contribution in [0.4, 0.5) is 13.2 Å². The van der Waals surface area contributed by atoms with E-state index in [4.69, 9.17) is 5.26 Å². The molecule has 98 valence electrons. The molecule has 0 radical (unpaired) electrons. The lowest BCUT2D eigenvalue weighted by Crippen LogP contribution is -2.33. The van der Waals surface area contributed by atoms with Gasteiger partial charge in [0, 0.05) is 6.54 Å². The van der Waals surface area contributed by atoms with E-state index in [2.05, 4.69) is 5.32 Å². The summed E-state index contributed by atoms with van der Waals surface area (Å²) < 4.78 is 36.7. The van der Waals surface area contributed by atoms with Gasteiger partial charge in [0.1, 0.15) is 0 Å². The molecule has 0 saturated carbocycles. The summed E-state index contributed by atoms with van der Waals surface area (Å²) in [5.41, 5.74) is 1.16. The molecule has 0 aliphatic carbocycles. The molecule has 1 aromatic carbocycles. The van der Waals surface area contributed by atoms with Crippen LogP contribution in [0.1, 0.15) is 12.0 Å². The first-order valence-electron chi connectivity index (χ1n) is 5.75. The number of alkyl halides is 3. The minimum absolute atomic E-state index is 0.339. The lowest BCUT2D eigenvalue weighted by atomic mass is 10.1. The normalized spacial score (nSPS) is 13.0. The average molecular weight is 256 g/mol. The minimum Gasteiger partial charge on any atom is -0.315 e. The molecule has 2 nitrogen and oxygen atoms in total. The van der Waals surface area contributed by atoms with Crippen LogP contribution in [0.25, 0.3) is 0 Å². The fraction of sp³-hybridized carbons (Fsp3) is 0.462. The molecule has 0 spiro atoms. The number of hydrogen-bond acceptors (Lipinski definition) is 2. The van der Waals surface area contributed by atoms with Crippen LogP contribution in [-0.4, -0.2) is 19.3 Å². The number of nitrogens with zero attached hydrogens (tertiary/aromatic N) is 1. The van der Waals surface area contributed by atoms with Gasteiger partial charge < -0.3 is 5.32 Å². The topological polar surface area (TPSA) is 35.8 Å². The van der Waals surface area contributed by atoms with Crippen LogP contribution in [0.3, 0.4) is 0 Å². The van der Waals surface area contributed by atoms with Gasteiger partial charge in [-0.15, -0.1) is 0 Å². The molecular weight excluding hydrogens is 241 g/mol. The van der Waals surface area contributed by atoms with Gasteiger partial charge in [-0.2, -0.15) is 18.4 Å². The van der Waals surface area contributed by atoms with E-state index in [1.165, 1.54) is 6.07 Å². The van der Waals surface area contributed by atoms with Crippen molar-refractivity contribution in [2.75, 3.05) is 13.1 Å². The van der Waals surface area contributed by atoms with Crippen molar-refractivity contribution in [3.05, 3.63) is 35.9 Å². The lowest BCUT2D eigenvalue weighted by Gasteiger charge is -2.13. The Kier molecular flexibility index (Phi) is 5.66. The number of aryl methyl sites for hydroxylation is 1. The second kappa shape index (κ2) is 7.02. The summed E-state index contributed by atoms with van der Waals surface area (Å²) in [6.07, 6.45) is -2.88. The highest BCUT2D eigenvalue weighted by Gasteiger charge is 2.39. The van der Waals surface area contributed by atoms with Gasteiger partial charge in [0.15, 0.2) is 5.92 Å². The number of nitriles is 1. The SMILES string of the molecule is N#CC(CNCCCc1ccccc1)C(F)(F)F. The maximum atomic E-state index is 12.2. The minimum atomic E-state index is -4.44. The monoisotopic (exact) mass is 256 g/mol. The van der Waals surface area contributed by atoms with E-state index < -0.39 is 12.1 Å². The molecule has 1 atom stereocenters. The molecule has 1 unspecified atom stereocenters. The highest BCUT2D eigenvalue weighted by Crippen LogP contribution is 2.24. The number of benzene rings is 1. The Balaban J connectivity index is 2.18. The van der Waals surface area contributed by atoms with Crippen molar-refractivity contribution in [3.63, 3.8) is 0 Å². The molecule has 0 amide bonds. The lowest BCUT2D eigenvalue weighted by molar-refractivity contribution is -0.157. The Morgan fingerprint density at radius 2 is 1.89 bits per heavy atom. The van der Waals surface area contributed by atoms with Crippen molar-refractivity contribution in [3.8, 4) is 6.07 Å². The van der Waals surface area contributed by atoms with E-state index in [9.17, 15) is 13.2 Å². The van der Waals surface area contributed by atoms with Crippen molar-refractivity contribution < 1.29 is 13.2 Å². The Hall–Kier alpha value is -1.54. The van der Waals surface area contributed by atoms with Gasteiger partial charge in [-0.05, 0) is 24.9 Å². The summed E-state index contributed by atoms with van der Waals surface area (Å²) in [4.78, 5) is 0. The molecule has 0 heterocycles. The second-order valence-electron chi connectivity index (χ2n) is 4.02. The zero-order valence-corrected chi connectivity index (χ0v) is 9.87. The first-order valence-corrected chi connectivity index (χ1v) is 5.75. The van der Waals surface area contributed by atoms with Crippen molar-refractivity contribution in [1.29, 1.82) is 5.26 Å². The zero-order valence-electron chi connectivity index (χ0n) is 9.87. The van der Waals surface area contributed by atoms with Crippen LogP contribution in [0.2, 0.25) is 0 Å². The zero-order chi connectivity index (χ0) is 13.4. The molecule has 1 N–H and O–H groups in total. The van der Waals surface area contributed by atoms with E-state index in [0.29, 0.717) is 6.54 Å². The fourth-order valence-electron chi connectivity index (χ4n) is 1.54. The molecule has 18 heavy (non-hydrogen) atoms. The molecule has 0 aliphatic heterocycles. The predicted octanol–water partition coefficient (Wildman–Crippen LogP) is 2.91. The summed E-state index contributed by atoms with van der Waals surface area (Å²) in [7, 11) is 0. The summed E-state index contributed by atoms with van der Waals surface area (Å²) >= 11 is 0. The first-order chi connectivity index (χ1) is 8.54. The van der Waals surface area contributed by atoms with Crippen LogP contribution in [0.5, 0.6) is 0 Å². The number of nitrogens with one attached hydrogen (secondary N) is 1. The van der Waals surface area contributed by atoms with Gasteiger partial charge in [-0.1, -0.05) is 30.3 Å². The summed E-state index contributed by atoms with van der Waals surface area (Å²) in [6, 6.07) is 11.0. The molecule has 0 aliphatic rings. The number of rotatable bonds is 6. The molecule has 1 rings (SSSR count). The van der Waals surface area contributed by atoms with Gasteiger partial charge in [0.25, 0.3) is 0 Å². The maximum Gasteiger partial charge on any atom is 0.405 e. The first kappa shape index (κ1) is 14.5. The second-order valence-corrected chi connectivity index (χ2v) is 4.02.